The van der Waals surface area contributed by atoms with Gasteiger partial charge >= 0.3 is 0 Å². The molecule has 8 nitrogen and oxygen atoms in total. The third-order valence-corrected chi connectivity index (χ3v) is 5.94. The summed E-state index contributed by atoms with van der Waals surface area (Å²) >= 11 is 0. The Labute approximate surface area is 172 Å². The van der Waals surface area contributed by atoms with E-state index in [1.165, 1.54) is 18.4 Å². The Morgan fingerprint density at radius 2 is 2.10 bits per heavy atom. The number of likely N-dealkylation sites (tertiary alicyclic amines) is 1. The Bertz CT molecular complexity index is 740. The molecule has 4 heterocycles. The first kappa shape index (κ1) is 20.5. The number of rotatable bonds is 9. The van der Waals surface area contributed by atoms with Gasteiger partial charge in [-0.1, -0.05) is 11.6 Å². The van der Waals surface area contributed by atoms with Crippen LogP contribution in [0.3, 0.4) is 0 Å². The van der Waals surface area contributed by atoms with Crippen LogP contribution in [-0.4, -0.2) is 57.8 Å². The van der Waals surface area contributed by atoms with Gasteiger partial charge in [-0.15, -0.1) is 0 Å². The van der Waals surface area contributed by atoms with E-state index in [0.29, 0.717) is 18.9 Å². The van der Waals surface area contributed by atoms with E-state index in [2.05, 4.69) is 28.3 Å². The Balaban J connectivity index is 1.28. The van der Waals surface area contributed by atoms with E-state index in [1.807, 2.05) is 10.9 Å². The van der Waals surface area contributed by atoms with Crippen LogP contribution in [0.2, 0.25) is 0 Å². The maximum Gasteiger partial charge on any atom is 0.244 e. The Hall–Kier alpha value is -1.77. The number of nitrogens with zero attached hydrogens (tertiary/aromatic N) is 5. The van der Waals surface area contributed by atoms with Gasteiger partial charge in [-0.05, 0) is 45.1 Å². The molecule has 1 unspecified atom stereocenters. The van der Waals surface area contributed by atoms with E-state index in [0.717, 1.165) is 70.4 Å². The highest BCUT2D eigenvalue weighted by molar-refractivity contribution is 5.06. The summed E-state index contributed by atoms with van der Waals surface area (Å²) in [7, 11) is 0. The molecule has 0 amide bonds. The molecule has 0 aromatic carbocycles. The van der Waals surface area contributed by atoms with Gasteiger partial charge in [-0.25, -0.2) is 0 Å². The van der Waals surface area contributed by atoms with Gasteiger partial charge in [0.1, 0.15) is 0 Å². The van der Waals surface area contributed by atoms with Crippen LogP contribution in [0.5, 0.6) is 0 Å². The molecule has 0 N–H and O–H groups in total. The van der Waals surface area contributed by atoms with Crippen LogP contribution < -0.4 is 0 Å². The molecule has 2 saturated heterocycles. The van der Waals surface area contributed by atoms with Crippen molar-refractivity contribution in [2.45, 2.75) is 64.6 Å². The molecule has 0 bridgehead atoms. The normalized spacial score (nSPS) is 21.6. The summed E-state index contributed by atoms with van der Waals surface area (Å²) in [6.07, 6.45) is 10.4. The number of hydrogen-bond acceptors (Lipinski definition) is 7. The third-order valence-electron chi connectivity index (χ3n) is 5.94. The Morgan fingerprint density at radius 1 is 1.21 bits per heavy atom. The number of piperidine rings is 1. The molecule has 29 heavy (non-hydrogen) atoms. The van der Waals surface area contributed by atoms with E-state index in [1.54, 1.807) is 0 Å². The quantitative estimate of drug-likeness (QED) is 0.596. The van der Waals surface area contributed by atoms with Crippen molar-refractivity contribution < 1.29 is 14.0 Å². The SMILES string of the molecule is CCn1cc(CN2CCCCC2c2nc(CCOCC3CCOCC3)no2)cn1. The summed E-state index contributed by atoms with van der Waals surface area (Å²) in [6, 6.07) is 0.193. The third kappa shape index (κ3) is 5.65. The number of aromatic nitrogens is 4. The summed E-state index contributed by atoms with van der Waals surface area (Å²) in [6.45, 7) is 8.08. The van der Waals surface area contributed by atoms with Crippen molar-refractivity contribution in [2.24, 2.45) is 5.92 Å². The van der Waals surface area contributed by atoms with Crippen molar-refractivity contribution in [3.8, 4) is 0 Å². The zero-order valence-corrected chi connectivity index (χ0v) is 17.5. The smallest absolute Gasteiger partial charge is 0.244 e. The zero-order valence-electron chi connectivity index (χ0n) is 17.5. The summed E-state index contributed by atoms with van der Waals surface area (Å²) in [4.78, 5) is 7.14. The molecule has 0 spiro atoms. The van der Waals surface area contributed by atoms with Crippen LogP contribution in [0.4, 0.5) is 0 Å². The molecule has 8 heteroatoms. The van der Waals surface area contributed by atoms with Gasteiger partial charge in [-0.2, -0.15) is 10.1 Å². The molecule has 2 fully saturated rings. The molecular formula is C21H33N5O3. The molecule has 0 radical (unpaired) electrons. The summed E-state index contributed by atoms with van der Waals surface area (Å²) in [5.41, 5.74) is 1.24. The van der Waals surface area contributed by atoms with E-state index in [-0.39, 0.29) is 6.04 Å². The predicted octanol–water partition coefficient (Wildman–Crippen LogP) is 3.00. The summed E-state index contributed by atoms with van der Waals surface area (Å²) < 4.78 is 18.9. The van der Waals surface area contributed by atoms with Crippen LogP contribution in [0.25, 0.3) is 0 Å². The fourth-order valence-corrected chi connectivity index (χ4v) is 4.19. The molecule has 0 saturated carbocycles. The lowest BCUT2D eigenvalue weighted by Gasteiger charge is -2.32. The lowest BCUT2D eigenvalue weighted by molar-refractivity contribution is 0.0211. The van der Waals surface area contributed by atoms with Crippen molar-refractivity contribution in [1.29, 1.82) is 0 Å². The summed E-state index contributed by atoms with van der Waals surface area (Å²) in [5.74, 6) is 2.11. The average molecular weight is 404 g/mol. The molecule has 160 valence electrons. The fraction of sp³-hybridized carbons (Fsp3) is 0.762. The lowest BCUT2D eigenvalue weighted by Crippen LogP contribution is -2.33. The van der Waals surface area contributed by atoms with Crippen LogP contribution in [0.15, 0.2) is 16.9 Å². The standard InChI is InChI=1S/C21H33N5O3/c1-2-26-15-18(13-22-26)14-25-9-4-3-5-19(25)21-23-20(24-29-21)8-12-28-16-17-6-10-27-11-7-17/h13,15,17,19H,2-12,14,16H2,1H3. The average Bonchev–Trinajstić information content (AvgIpc) is 3.42. The molecule has 2 aliphatic rings. The first-order chi connectivity index (χ1) is 14.3. The van der Waals surface area contributed by atoms with Crippen molar-refractivity contribution in [2.75, 3.05) is 33.0 Å². The van der Waals surface area contributed by atoms with Gasteiger partial charge < -0.3 is 14.0 Å². The molecule has 2 aromatic heterocycles. The van der Waals surface area contributed by atoms with Crippen molar-refractivity contribution >= 4 is 0 Å². The highest BCUT2D eigenvalue weighted by Crippen LogP contribution is 2.31. The zero-order chi connectivity index (χ0) is 19.9. The van der Waals surface area contributed by atoms with Crippen molar-refractivity contribution in [1.82, 2.24) is 24.8 Å². The van der Waals surface area contributed by atoms with Crippen LogP contribution >= 0.6 is 0 Å². The minimum atomic E-state index is 0.193. The van der Waals surface area contributed by atoms with Crippen LogP contribution in [0, 0.1) is 5.92 Å². The van der Waals surface area contributed by atoms with Crippen molar-refractivity contribution in [3.63, 3.8) is 0 Å². The monoisotopic (exact) mass is 403 g/mol. The number of aryl methyl sites for hydroxylation is 1. The van der Waals surface area contributed by atoms with Gasteiger partial charge in [0.25, 0.3) is 0 Å². The topological polar surface area (TPSA) is 78.4 Å². The van der Waals surface area contributed by atoms with Crippen molar-refractivity contribution in [3.05, 3.63) is 29.7 Å². The molecule has 0 aliphatic carbocycles. The molecule has 2 aromatic rings. The van der Waals surface area contributed by atoms with E-state index >= 15 is 0 Å². The second kappa shape index (κ2) is 10.3. The number of hydrogen-bond donors (Lipinski definition) is 0. The first-order valence-electron chi connectivity index (χ1n) is 11.0. The first-order valence-corrected chi connectivity index (χ1v) is 11.0. The Kier molecular flexibility index (Phi) is 7.29. The minimum Gasteiger partial charge on any atom is -0.381 e. The van der Waals surface area contributed by atoms with E-state index in [4.69, 9.17) is 19.0 Å². The fourth-order valence-electron chi connectivity index (χ4n) is 4.19. The number of ether oxygens (including phenoxy) is 2. The maximum atomic E-state index is 5.85. The molecular weight excluding hydrogens is 370 g/mol. The van der Waals surface area contributed by atoms with Crippen LogP contribution in [0.1, 0.15) is 62.3 Å². The maximum absolute atomic E-state index is 5.85. The highest BCUT2D eigenvalue weighted by atomic mass is 16.5. The molecule has 1 atom stereocenters. The Morgan fingerprint density at radius 3 is 2.93 bits per heavy atom. The highest BCUT2D eigenvalue weighted by Gasteiger charge is 2.29. The van der Waals surface area contributed by atoms with Gasteiger partial charge in [0.2, 0.25) is 5.89 Å². The van der Waals surface area contributed by atoms with Gasteiger partial charge in [0.15, 0.2) is 5.82 Å². The van der Waals surface area contributed by atoms with Gasteiger partial charge in [-0.3, -0.25) is 9.58 Å². The van der Waals surface area contributed by atoms with E-state index in [9.17, 15) is 0 Å². The minimum absolute atomic E-state index is 0.193. The second-order valence-corrected chi connectivity index (χ2v) is 8.12. The van der Waals surface area contributed by atoms with E-state index < -0.39 is 0 Å². The predicted molar refractivity (Wildman–Crippen MR) is 107 cm³/mol. The molecule has 2 aliphatic heterocycles. The van der Waals surface area contributed by atoms with Gasteiger partial charge in [0, 0.05) is 51.1 Å². The lowest BCUT2D eigenvalue weighted by atomic mass is 10.0. The second-order valence-electron chi connectivity index (χ2n) is 8.12. The van der Waals surface area contributed by atoms with Crippen LogP contribution in [-0.2, 0) is 29.0 Å². The largest absolute Gasteiger partial charge is 0.381 e. The molecule has 4 rings (SSSR count). The summed E-state index contributed by atoms with van der Waals surface area (Å²) in [5, 5.41) is 8.60. The van der Waals surface area contributed by atoms with Gasteiger partial charge in [0.05, 0.1) is 18.8 Å².